The maximum atomic E-state index is 12.2. The highest BCUT2D eigenvalue weighted by Crippen LogP contribution is 2.21. The van der Waals surface area contributed by atoms with E-state index in [1.807, 2.05) is 0 Å². The summed E-state index contributed by atoms with van der Waals surface area (Å²) in [4.78, 5) is 10.9. The van der Waals surface area contributed by atoms with Crippen molar-refractivity contribution >= 4 is 11.5 Å². The van der Waals surface area contributed by atoms with E-state index in [0.29, 0.717) is 12.4 Å². The Morgan fingerprint density at radius 3 is 1.80 bits per heavy atom. The zero-order valence-corrected chi connectivity index (χ0v) is 18.0. The van der Waals surface area contributed by atoms with E-state index in [9.17, 15) is 23.1 Å². The number of alkyl halides is 3. The first-order valence-corrected chi connectivity index (χ1v) is 11.1. The number of carbonyl (C=O) groups excluding carboxylic acids is 1. The van der Waals surface area contributed by atoms with Crippen molar-refractivity contribution in [3.05, 3.63) is 35.9 Å². The molecule has 0 saturated heterocycles. The van der Waals surface area contributed by atoms with Crippen LogP contribution in [0.4, 0.5) is 13.2 Å². The first kappa shape index (κ1) is 26.1. The van der Waals surface area contributed by atoms with E-state index < -0.39 is 17.7 Å². The second-order valence-corrected chi connectivity index (χ2v) is 7.65. The molecule has 0 bridgehead atoms. The van der Waals surface area contributed by atoms with Crippen LogP contribution in [0.5, 0.6) is 5.75 Å². The van der Waals surface area contributed by atoms with E-state index in [1.54, 1.807) is 12.1 Å². The van der Waals surface area contributed by atoms with Crippen LogP contribution >= 0.6 is 0 Å². The average Bonchev–Trinajstić information content (AvgIpc) is 2.71. The monoisotopic (exact) mass is 428 g/mol. The molecule has 30 heavy (non-hydrogen) atoms. The summed E-state index contributed by atoms with van der Waals surface area (Å²) in [5.41, 5.74) is 0.130. The summed E-state index contributed by atoms with van der Waals surface area (Å²) in [7, 11) is 0. The van der Waals surface area contributed by atoms with E-state index in [-0.39, 0.29) is 11.6 Å². The minimum atomic E-state index is -4.99. The summed E-state index contributed by atoms with van der Waals surface area (Å²) in [5, 5.41) is 9.64. The predicted octanol–water partition coefficient (Wildman–Crippen LogP) is 7.80. The quantitative estimate of drug-likeness (QED) is 0.166. The van der Waals surface area contributed by atoms with Gasteiger partial charge in [-0.3, -0.25) is 4.79 Å². The Kier molecular flexibility index (Phi) is 13.0. The van der Waals surface area contributed by atoms with Gasteiger partial charge in [-0.2, -0.15) is 13.2 Å². The summed E-state index contributed by atoms with van der Waals surface area (Å²) < 4.78 is 42.3. The molecule has 0 aliphatic rings. The minimum Gasteiger partial charge on any atom is -0.507 e. The van der Waals surface area contributed by atoms with E-state index in [4.69, 9.17) is 4.74 Å². The molecule has 6 heteroatoms. The third-order valence-corrected chi connectivity index (χ3v) is 4.96. The standard InChI is InChI=1S/C24H35F3O3/c1-2-3-4-5-6-7-8-9-10-11-12-13-18-30-21-16-14-20(15-17-21)22(28)19-23(29)24(25,26)27/h14-17,19,28H,2-13,18H2,1H3/b22-19-. The summed E-state index contributed by atoms with van der Waals surface area (Å²) in [6.45, 7) is 2.81. The fraction of sp³-hybridized carbons (Fsp3) is 0.625. The summed E-state index contributed by atoms with van der Waals surface area (Å²) in [6.07, 6.45) is 10.4. The summed E-state index contributed by atoms with van der Waals surface area (Å²) >= 11 is 0. The van der Waals surface area contributed by atoms with Crippen LogP contribution in [-0.2, 0) is 4.79 Å². The molecular weight excluding hydrogens is 393 g/mol. The van der Waals surface area contributed by atoms with Gasteiger partial charge in [0.25, 0.3) is 5.78 Å². The van der Waals surface area contributed by atoms with Gasteiger partial charge in [0, 0.05) is 11.6 Å². The number of hydrogen-bond donors (Lipinski definition) is 1. The molecule has 1 rings (SSSR count). The number of aliphatic hydroxyl groups is 1. The topological polar surface area (TPSA) is 46.5 Å². The van der Waals surface area contributed by atoms with E-state index in [0.717, 1.165) is 12.8 Å². The third-order valence-electron chi connectivity index (χ3n) is 4.96. The lowest BCUT2D eigenvalue weighted by Gasteiger charge is -2.08. The Bertz CT molecular complexity index is 622. The molecule has 0 amide bonds. The molecule has 0 aliphatic heterocycles. The van der Waals surface area contributed by atoms with Crippen molar-refractivity contribution in [3.63, 3.8) is 0 Å². The Labute approximate surface area is 178 Å². The van der Waals surface area contributed by atoms with Crippen LogP contribution in [0.15, 0.2) is 30.3 Å². The maximum absolute atomic E-state index is 12.2. The molecule has 1 N–H and O–H groups in total. The number of hydrogen-bond acceptors (Lipinski definition) is 3. The van der Waals surface area contributed by atoms with Gasteiger partial charge in [-0.25, -0.2) is 0 Å². The highest BCUT2D eigenvalue weighted by Gasteiger charge is 2.37. The van der Waals surface area contributed by atoms with Crippen LogP contribution in [-0.4, -0.2) is 23.7 Å². The highest BCUT2D eigenvalue weighted by molar-refractivity contribution is 5.99. The van der Waals surface area contributed by atoms with Gasteiger partial charge >= 0.3 is 6.18 Å². The maximum Gasteiger partial charge on any atom is 0.454 e. The third kappa shape index (κ3) is 11.9. The second kappa shape index (κ2) is 14.9. The van der Waals surface area contributed by atoms with E-state index in [1.165, 1.54) is 76.3 Å². The largest absolute Gasteiger partial charge is 0.507 e. The average molecular weight is 429 g/mol. The Morgan fingerprint density at radius 2 is 1.33 bits per heavy atom. The number of aliphatic hydroxyl groups excluding tert-OH is 1. The normalized spacial score (nSPS) is 12.2. The summed E-state index contributed by atoms with van der Waals surface area (Å²) in [5.74, 6) is -2.23. The van der Waals surface area contributed by atoms with Gasteiger partial charge in [0.2, 0.25) is 0 Å². The van der Waals surface area contributed by atoms with Crippen LogP contribution in [0.25, 0.3) is 5.76 Å². The molecule has 0 fully saturated rings. The molecule has 0 saturated carbocycles. The zero-order valence-electron chi connectivity index (χ0n) is 18.0. The van der Waals surface area contributed by atoms with Crippen molar-refractivity contribution in [3.8, 4) is 5.75 Å². The van der Waals surface area contributed by atoms with Crippen LogP contribution in [0.2, 0.25) is 0 Å². The first-order valence-electron chi connectivity index (χ1n) is 11.1. The molecule has 0 spiro atoms. The molecule has 3 nitrogen and oxygen atoms in total. The fourth-order valence-electron chi connectivity index (χ4n) is 3.14. The van der Waals surface area contributed by atoms with Crippen molar-refractivity contribution in [2.24, 2.45) is 0 Å². The highest BCUT2D eigenvalue weighted by atomic mass is 19.4. The number of halogens is 3. The Balaban J connectivity index is 2.12. The van der Waals surface area contributed by atoms with Gasteiger partial charge in [-0.05, 0) is 30.7 Å². The Morgan fingerprint density at radius 1 is 0.867 bits per heavy atom. The lowest BCUT2D eigenvalue weighted by Crippen LogP contribution is -2.20. The molecule has 0 aromatic heterocycles. The van der Waals surface area contributed by atoms with Crippen molar-refractivity contribution in [2.45, 2.75) is 90.1 Å². The first-order chi connectivity index (χ1) is 14.3. The van der Waals surface area contributed by atoms with Gasteiger partial charge < -0.3 is 9.84 Å². The van der Waals surface area contributed by atoms with Crippen LogP contribution < -0.4 is 4.74 Å². The smallest absolute Gasteiger partial charge is 0.454 e. The number of allylic oxidation sites excluding steroid dienone is 1. The molecule has 1 aromatic carbocycles. The number of ether oxygens (including phenoxy) is 1. The number of carbonyl (C=O) groups is 1. The van der Waals surface area contributed by atoms with Crippen molar-refractivity contribution in [1.82, 2.24) is 0 Å². The number of rotatable bonds is 16. The van der Waals surface area contributed by atoms with Gasteiger partial charge in [0.1, 0.15) is 11.5 Å². The van der Waals surface area contributed by atoms with Crippen LogP contribution in [0, 0.1) is 0 Å². The zero-order chi connectivity index (χ0) is 22.2. The molecule has 170 valence electrons. The van der Waals surface area contributed by atoms with Gasteiger partial charge in [-0.15, -0.1) is 0 Å². The Hall–Kier alpha value is -1.98. The molecule has 0 radical (unpaired) electrons. The van der Waals surface area contributed by atoms with Gasteiger partial charge in [0.15, 0.2) is 0 Å². The molecule has 0 aliphatic carbocycles. The molecule has 0 unspecified atom stereocenters. The summed E-state index contributed by atoms with van der Waals surface area (Å²) in [6, 6.07) is 5.98. The van der Waals surface area contributed by atoms with Crippen LogP contribution in [0.3, 0.4) is 0 Å². The van der Waals surface area contributed by atoms with Crippen molar-refractivity contribution in [1.29, 1.82) is 0 Å². The number of ketones is 1. The van der Waals surface area contributed by atoms with E-state index in [2.05, 4.69) is 6.92 Å². The molecular formula is C24H35F3O3. The van der Waals surface area contributed by atoms with Crippen LogP contribution in [0.1, 0.15) is 89.5 Å². The van der Waals surface area contributed by atoms with E-state index >= 15 is 0 Å². The SMILES string of the molecule is CCCCCCCCCCCCCCOc1ccc(/C(O)=C/C(=O)C(F)(F)F)cc1. The molecule has 0 atom stereocenters. The molecule has 0 heterocycles. The predicted molar refractivity (Wildman–Crippen MR) is 115 cm³/mol. The van der Waals surface area contributed by atoms with Crippen molar-refractivity contribution in [2.75, 3.05) is 6.61 Å². The number of benzene rings is 1. The van der Waals surface area contributed by atoms with Crippen molar-refractivity contribution < 1.29 is 27.8 Å². The number of unbranched alkanes of at least 4 members (excludes halogenated alkanes) is 11. The lowest BCUT2D eigenvalue weighted by atomic mass is 10.1. The second-order valence-electron chi connectivity index (χ2n) is 7.65. The molecule has 1 aromatic rings. The minimum absolute atomic E-state index is 0.130. The van der Waals surface area contributed by atoms with Gasteiger partial charge in [0.05, 0.1) is 6.61 Å². The van der Waals surface area contributed by atoms with Gasteiger partial charge in [-0.1, -0.05) is 77.6 Å². The fourth-order valence-corrected chi connectivity index (χ4v) is 3.14. The lowest BCUT2D eigenvalue weighted by molar-refractivity contribution is -0.165.